The Hall–Kier alpha value is -3.28. The number of aliphatic imine (C=N–C) groups is 1. The number of nitrogens with zero attached hydrogens (tertiary/aromatic N) is 1. The van der Waals surface area contributed by atoms with Gasteiger partial charge in [-0.15, -0.1) is 0 Å². The van der Waals surface area contributed by atoms with Crippen molar-refractivity contribution in [1.82, 2.24) is 0 Å². The maximum atomic E-state index is 12.2. The molecular weight excluding hydrogens is 493 g/mol. The maximum Gasteiger partial charge on any atom is 0.166 e. The van der Waals surface area contributed by atoms with Crippen LogP contribution in [0.2, 0.25) is 10.0 Å². The van der Waals surface area contributed by atoms with Gasteiger partial charge in [-0.1, -0.05) is 61.3 Å². The second kappa shape index (κ2) is 12.1. The van der Waals surface area contributed by atoms with Crippen LogP contribution < -0.4 is 15.8 Å². The van der Waals surface area contributed by atoms with E-state index in [1.165, 1.54) is 0 Å². The second-order valence-corrected chi connectivity index (χ2v) is 9.72. The molecule has 0 spiro atoms. The molecule has 3 aromatic rings. The highest BCUT2D eigenvalue weighted by atomic mass is 35.5. The van der Waals surface area contributed by atoms with Crippen molar-refractivity contribution in [2.45, 2.75) is 33.7 Å². The highest BCUT2D eigenvalue weighted by Gasteiger charge is 2.28. The third-order valence-corrected chi connectivity index (χ3v) is 6.39. The molecule has 1 atom stereocenters. The Morgan fingerprint density at radius 3 is 2.31 bits per heavy atom. The second-order valence-electron chi connectivity index (χ2n) is 8.85. The average Bonchev–Trinajstić information content (AvgIpc) is 2.85. The zero-order valence-corrected chi connectivity index (χ0v) is 22.6. The number of hydrogen-bond donors (Lipinski definition) is 2. The van der Waals surface area contributed by atoms with Crippen molar-refractivity contribution in [1.29, 1.82) is 0 Å². The lowest BCUT2D eigenvalue weighted by Gasteiger charge is -2.29. The Morgan fingerprint density at radius 1 is 1.00 bits per heavy atom. The van der Waals surface area contributed by atoms with Crippen LogP contribution in [0.5, 0.6) is 5.75 Å². The summed E-state index contributed by atoms with van der Waals surface area (Å²) in [6.07, 6.45) is 0.667. The van der Waals surface area contributed by atoms with E-state index in [4.69, 9.17) is 38.7 Å². The molecule has 0 aliphatic rings. The lowest BCUT2D eigenvalue weighted by molar-refractivity contribution is -0.105. The van der Waals surface area contributed by atoms with Crippen LogP contribution in [0.15, 0.2) is 76.9 Å². The molecule has 0 aromatic heterocycles. The van der Waals surface area contributed by atoms with E-state index >= 15 is 0 Å². The lowest BCUT2D eigenvalue weighted by atomic mass is 9.86. The summed E-state index contributed by atoms with van der Waals surface area (Å²) in [5.41, 5.74) is 12.1. The van der Waals surface area contributed by atoms with Gasteiger partial charge < -0.3 is 15.8 Å². The first-order valence-electron chi connectivity index (χ1n) is 11.6. The van der Waals surface area contributed by atoms with Crippen LogP contribution in [0.1, 0.15) is 36.6 Å². The molecule has 0 bridgehead atoms. The van der Waals surface area contributed by atoms with Crippen molar-refractivity contribution in [3.05, 3.63) is 98.7 Å². The molecule has 0 heterocycles. The number of para-hydroxylation sites is 2. The van der Waals surface area contributed by atoms with Crippen LogP contribution in [0.25, 0.3) is 0 Å². The van der Waals surface area contributed by atoms with Gasteiger partial charge in [0.1, 0.15) is 11.4 Å². The van der Waals surface area contributed by atoms with Gasteiger partial charge in [0, 0.05) is 21.3 Å². The van der Waals surface area contributed by atoms with Gasteiger partial charge in [-0.25, -0.2) is 4.99 Å². The van der Waals surface area contributed by atoms with Crippen LogP contribution in [-0.2, 0) is 4.79 Å². The summed E-state index contributed by atoms with van der Waals surface area (Å²) in [6, 6.07) is 18.3. The van der Waals surface area contributed by atoms with Gasteiger partial charge in [-0.2, -0.15) is 0 Å². The fourth-order valence-corrected chi connectivity index (χ4v) is 4.45. The van der Waals surface area contributed by atoms with Crippen LogP contribution >= 0.6 is 23.2 Å². The molecule has 0 fully saturated rings. The van der Waals surface area contributed by atoms with Crippen molar-refractivity contribution >= 4 is 46.6 Å². The normalized spacial score (nSPS) is 13.3. The highest BCUT2D eigenvalue weighted by molar-refractivity contribution is 6.31. The van der Waals surface area contributed by atoms with Crippen molar-refractivity contribution < 1.29 is 9.53 Å². The summed E-state index contributed by atoms with van der Waals surface area (Å²) in [6.45, 7) is 8.00. The third-order valence-electron chi connectivity index (χ3n) is 5.92. The predicted octanol–water partition coefficient (Wildman–Crippen LogP) is 7.61. The molecule has 7 heteroatoms. The smallest absolute Gasteiger partial charge is 0.166 e. The predicted molar refractivity (Wildman–Crippen MR) is 151 cm³/mol. The van der Waals surface area contributed by atoms with E-state index in [1.54, 1.807) is 7.11 Å². The number of nitrogens with one attached hydrogen (secondary N) is 1. The summed E-state index contributed by atoms with van der Waals surface area (Å²) < 4.78 is 5.53. The Morgan fingerprint density at radius 2 is 1.67 bits per heavy atom. The SMILES string of the molecule is COc1ccccc1N=C(C(=C(N)C=O)C(Nc1cc(Cl)ccc1C)c1ccc(Cl)cc1C)C(C)C. The first kappa shape index (κ1) is 27.3. The largest absolute Gasteiger partial charge is 0.494 e. The molecule has 36 heavy (non-hydrogen) atoms. The summed E-state index contributed by atoms with van der Waals surface area (Å²) in [5.74, 6) is 0.554. The van der Waals surface area contributed by atoms with Crippen molar-refractivity contribution in [2.24, 2.45) is 16.6 Å². The summed E-state index contributed by atoms with van der Waals surface area (Å²) >= 11 is 12.6. The molecule has 0 amide bonds. The van der Waals surface area contributed by atoms with Gasteiger partial charge >= 0.3 is 0 Å². The van der Waals surface area contributed by atoms with E-state index in [0.29, 0.717) is 39.1 Å². The van der Waals surface area contributed by atoms with E-state index in [1.807, 2.05) is 88.4 Å². The van der Waals surface area contributed by atoms with Gasteiger partial charge in [0.05, 0.1) is 24.6 Å². The molecule has 0 aliphatic carbocycles. The van der Waals surface area contributed by atoms with Crippen LogP contribution in [0, 0.1) is 19.8 Å². The molecule has 188 valence electrons. The average molecular weight is 524 g/mol. The zero-order chi connectivity index (χ0) is 26.4. The number of methoxy groups -OCH3 is 1. The molecule has 0 saturated heterocycles. The van der Waals surface area contributed by atoms with Crippen LogP contribution in [-0.4, -0.2) is 19.1 Å². The van der Waals surface area contributed by atoms with Gasteiger partial charge in [0.2, 0.25) is 0 Å². The summed E-state index contributed by atoms with van der Waals surface area (Å²) in [4.78, 5) is 17.1. The zero-order valence-electron chi connectivity index (χ0n) is 21.1. The van der Waals surface area contributed by atoms with Gasteiger partial charge in [0.25, 0.3) is 0 Å². The number of ether oxygens (including phenoxy) is 1. The minimum absolute atomic E-state index is 0.0687. The molecule has 3 aromatic carbocycles. The topological polar surface area (TPSA) is 76.7 Å². The van der Waals surface area contributed by atoms with Gasteiger partial charge in [-0.3, -0.25) is 4.79 Å². The minimum atomic E-state index is -0.513. The lowest BCUT2D eigenvalue weighted by Crippen LogP contribution is -2.27. The fraction of sp³-hybridized carbons (Fsp3) is 0.241. The number of carbonyl (C=O) groups excluding carboxylic acids is 1. The molecule has 3 N–H and O–H groups in total. The Bertz CT molecular complexity index is 1320. The summed E-state index contributed by atoms with van der Waals surface area (Å²) in [5, 5.41) is 4.81. The standard InChI is InChI=1S/C29H31Cl2N3O2/c1-17(2)28(33-24-8-6-7-9-26(24)36-5)27(23(32)16-35)29(22-13-12-20(30)14-19(22)4)34-25-15-21(31)11-10-18(25)3/h6-17,29,34H,32H2,1-5H3. The quantitative estimate of drug-likeness (QED) is 0.172. The van der Waals surface area contributed by atoms with Crippen molar-refractivity contribution in [2.75, 3.05) is 12.4 Å². The number of hydrogen-bond acceptors (Lipinski definition) is 5. The first-order valence-corrected chi connectivity index (χ1v) is 12.4. The third kappa shape index (κ3) is 6.28. The number of anilines is 1. The van der Waals surface area contributed by atoms with Crippen LogP contribution in [0.3, 0.4) is 0 Å². The van der Waals surface area contributed by atoms with E-state index in [0.717, 1.165) is 22.4 Å². The number of benzene rings is 3. The number of aryl methyl sites for hydroxylation is 2. The monoisotopic (exact) mass is 523 g/mol. The number of nitrogens with two attached hydrogens (primary N) is 1. The Balaban J connectivity index is 2.32. The number of halogens is 2. The van der Waals surface area contributed by atoms with Gasteiger partial charge in [0.15, 0.2) is 6.29 Å². The molecule has 0 aliphatic heterocycles. The van der Waals surface area contributed by atoms with E-state index in [2.05, 4.69) is 5.32 Å². The Kier molecular flexibility index (Phi) is 9.19. The Labute approximate surface area is 223 Å². The number of rotatable bonds is 9. The van der Waals surface area contributed by atoms with Crippen molar-refractivity contribution in [3.63, 3.8) is 0 Å². The van der Waals surface area contributed by atoms with Gasteiger partial charge in [-0.05, 0) is 72.9 Å². The molecule has 1 unspecified atom stereocenters. The first-order chi connectivity index (χ1) is 17.2. The molecule has 0 saturated carbocycles. The maximum absolute atomic E-state index is 12.2. The minimum Gasteiger partial charge on any atom is -0.494 e. The number of allylic oxidation sites excluding steroid dienone is 1. The molecule has 5 nitrogen and oxygen atoms in total. The van der Waals surface area contributed by atoms with Crippen molar-refractivity contribution in [3.8, 4) is 5.75 Å². The molecule has 0 radical (unpaired) electrons. The van der Waals surface area contributed by atoms with E-state index in [9.17, 15) is 4.79 Å². The highest BCUT2D eigenvalue weighted by Crippen LogP contribution is 2.37. The van der Waals surface area contributed by atoms with E-state index < -0.39 is 6.04 Å². The number of aldehydes is 1. The molecule has 3 rings (SSSR count). The summed E-state index contributed by atoms with van der Waals surface area (Å²) in [7, 11) is 1.60. The fourth-order valence-electron chi connectivity index (χ4n) is 4.05. The van der Waals surface area contributed by atoms with E-state index in [-0.39, 0.29) is 11.6 Å². The molecular formula is C29H31Cl2N3O2. The number of carbonyl (C=O) groups is 1. The van der Waals surface area contributed by atoms with Crippen LogP contribution in [0.4, 0.5) is 11.4 Å².